The van der Waals surface area contributed by atoms with Gasteiger partial charge in [0.25, 0.3) is 0 Å². The number of ether oxygens (including phenoxy) is 2. The van der Waals surface area contributed by atoms with Crippen molar-refractivity contribution >= 4 is 11.6 Å². The molecule has 0 atom stereocenters. The average molecular weight is 315 g/mol. The van der Waals surface area contributed by atoms with Crippen molar-refractivity contribution in [3.63, 3.8) is 0 Å². The molecule has 1 N–H and O–H groups in total. The largest absolute Gasteiger partial charge is 0.493 e. The Balaban J connectivity index is 1.99. The Morgan fingerprint density at radius 3 is 2.33 bits per heavy atom. The SMILES string of the molecule is COc1cc(CN2CCN(CCO)CC2)cc(Cl)c1OC. The molecule has 1 aliphatic heterocycles. The number of methoxy groups -OCH3 is 2. The van der Waals surface area contributed by atoms with Gasteiger partial charge in [0.05, 0.1) is 25.8 Å². The van der Waals surface area contributed by atoms with E-state index >= 15 is 0 Å². The number of piperazine rings is 1. The number of nitrogens with zero attached hydrogens (tertiary/aromatic N) is 2. The second-order valence-electron chi connectivity index (χ2n) is 5.15. The molecule has 0 aromatic heterocycles. The molecule has 0 saturated carbocycles. The van der Waals surface area contributed by atoms with E-state index < -0.39 is 0 Å². The van der Waals surface area contributed by atoms with E-state index in [1.807, 2.05) is 12.1 Å². The van der Waals surface area contributed by atoms with E-state index in [0.29, 0.717) is 16.5 Å². The van der Waals surface area contributed by atoms with Crippen LogP contribution < -0.4 is 9.47 Å². The van der Waals surface area contributed by atoms with Gasteiger partial charge in [0.1, 0.15) is 0 Å². The quantitative estimate of drug-likeness (QED) is 0.861. The van der Waals surface area contributed by atoms with Crippen LogP contribution in [0.5, 0.6) is 11.5 Å². The van der Waals surface area contributed by atoms with Crippen LogP contribution in [-0.2, 0) is 6.54 Å². The molecule has 1 saturated heterocycles. The number of β-amino-alcohol motifs (C(OH)–C–C–N with tert-alkyl or cyclic N) is 1. The monoisotopic (exact) mass is 314 g/mol. The molecule has 0 amide bonds. The highest BCUT2D eigenvalue weighted by molar-refractivity contribution is 6.32. The highest BCUT2D eigenvalue weighted by Gasteiger charge is 2.18. The summed E-state index contributed by atoms with van der Waals surface area (Å²) in [7, 11) is 3.20. The first-order valence-corrected chi connectivity index (χ1v) is 7.51. The number of benzene rings is 1. The standard InChI is InChI=1S/C15H23ClN2O3/c1-20-14-10-12(9-13(16)15(14)21-2)11-18-5-3-17(4-6-18)7-8-19/h9-10,19H,3-8,11H2,1-2H3. The van der Waals surface area contributed by atoms with Crippen molar-refractivity contribution in [3.05, 3.63) is 22.7 Å². The van der Waals surface area contributed by atoms with Gasteiger partial charge >= 0.3 is 0 Å². The summed E-state index contributed by atoms with van der Waals surface area (Å²) >= 11 is 6.24. The molecule has 5 nitrogen and oxygen atoms in total. The van der Waals surface area contributed by atoms with Gasteiger partial charge in [0, 0.05) is 39.3 Å². The first-order chi connectivity index (χ1) is 10.2. The fraction of sp³-hybridized carbons (Fsp3) is 0.600. The lowest BCUT2D eigenvalue weighted by Crippen LogP contribution is -2.46. The zero-order valence-electron chi connectivity index (χ0n) is 12.6. The number of hydrogen-bond acceptors (Lipinski definition) is 5. The number of hydrogen-bond donors (Lipinski definition) is 1. The third-order valence-electron chi connectivity index (χ3n) is 3.78. The van der Waals surface area contributed by atoms with Gasteiger partial charge in [-0.15, -0.1) is 0 Å². The normalized spacial score (nSPS) is 17.0. The maximum atomic E-state index is 8.96. The minimum Gasteiger partial charge on any atom is -0.493 e. The number of halogens is 1. The van der Waals surface area contributed by atoms with Gasteiger partial charge in [0.15, 0.2) is 11.5 Å². The lowest BCUT2D eigenvalue weighted by molar-refractivity contribution is 0.108. The summed E-state index contributed by atoms with van der Waals surface area (Å²) in [5.74, 6) is 1.24. The molecule has 0 radical (unpaired) electrons. The fourth-order valence-electron chi connectivity index (χ4n) is 2.63. The van der Waals surface area contributed by atoms with Gasteiger partial charge in [-0.3, -0.25) is 9.80 Å². The van der Waals surface area contributed by atoms with Crippen LogP contribution in [0.2, 0.25) is 5.02 Å². The maximum absolute atomic E-state index is 8.96. The highest BCUT2D eigenvalue weighted by atomic mass is 35.5. The van der Waals surface area contributed by atoms with Crippen molar-refractivity contribution in [2.75, 3.05) is 53.6 Å². The molecular formula is C15H23ClN2O3. The van der Waals surface area contributed by atoms with Crippen molar-refractivity contribution in [3.8, 4) is 11.5 Å². The van der Waals surface area contributed by atoms with E-state index in [9.17, 15) is 0 Å². The topological polar surface area (TPSA) is 45.2 Å². The van der Waals surface area contributed by atoms with Gasteiger partial charge in [0.2, 0.25) is 0 Å². The van der Waals surface area contributed by atoms with Crippen molar-refractivity contribution in [1.82, 2.24) is 9.80 Å². The average Bonchev–Trinajstić information content (AvgIpc) is 2.49. The predicted octanol–water partition coefficient (Wildman–Crippen LogP) is 1.47. The molecule has 1 fully saturated rings. The molecule has 1 heterocycles. The van der Waals surface area contributed by atoms with Crippen LogP contribution in [0.25, 0.3) is 0 Å². The molecule has 118 valence electrons. The summed E-state index contributed by atoms with van der Waals surface area (Å²) in [6.45, 7) is 5.79. The summed E-state index contributed by atoms with van der Waals surface area (Å²) in [6.07, 6.45) is 0. The van der Waals surface area contributed by atoms with Gasteiger partial charge in [-0.2, -0.15) is 0 Å². The molecule has 0 spiro atoms. The van der Waals surface area contributed by atoms with Gasteiger partial charge < -0.3 is 14.6 Å². The Kier molecular flexibility index (Phi) is 6.11. The lowest BCUT2D eigenvalue weighted by Gasteiger charge is -2.34. The van der Waals surface area contributed by atoms with E-state index in [-0.39, 0.29) is 6.61 Å². The van der Waals surface area contributed by atoms with Gasteiger partial charge in [-0.05, 0) is 17.7 Å². The molecular weight excluding hydrogens is 292 g/mol. The van der Waals surface area contributed by atoms with E-state index in [2.05, 4.69) is 9.80 Å². The maximum Gasteiger partial charge on any atom is 0.179 e. The molecule has 1 aromatic carbocycles. The predicted molar refractivity (Wildman–Crippen MR) is 83.4 cm³/mol. The Bertz CT molecular complexity index is 462. The fourth-order valence-corrected chi connectivity index (χ4v) is 2.94. The Morgan fingerprint density at radius 1 is 1.10 bits per heavy atom. The molecule has 1 aliphatic rings. The van der Waals surface area contributed by atoms with Gasteiger partial charge in [-0.1, -0.05) is 11.6 Å². The lowest BCUT2D eigenvalue weighted by atomic mass is 10.1. The zero-order chi connectivity index (χ0) is 15.2. The second kappa shape index (κ2) is 7.84. The van der Waals surface area contributed by atoms with Crippen LogP contribution in [-0.4, -0.2) is 68.5 Å². The molecule has 0 aliphatic carbocycles. The van der Waals surface area contributed by atoms with E-state index in [4.69, 9.17) is 26.2 Å². The Morgan fingerprint density at radius 2 is 1.76 bits per heavy atom. The van der Waals surface area contributed by atoms with Crippen molar-refractivity contribution in [1.29, 1.82) is 0 Å². The van der Waals surface area contributed by atoms with Crippen LogP contribution in [0, 0.1) is 0 Å². The first-order valence-electron chi connectivity index (χ1n) is 7.14. The molecule has 1 aromatic rings. The van der Waals surface area contributed by atoms with E-state index in [0.717, 1.165) is 44.8 Å². The first kappa shape index (κ1) is 16.4. The van der Waals surface area contributed by atoms with Crippen molar-refractivity contribution < 1.29 is 14.6 Å². The zero-order valence-corrected chi connectivity index (χ0v) is 13.4. The third kappa shape index (κ3) is 4.23. The number of rotatable bonds is 6. The summed E-state index contributed by atoms with van der Waals surface area (Å²) in [6, 6.07) is 3.91. The minimum atomic E-state index is 0.227. The van der Waals surface area contributed by atoms with Crippen LogP contribution in [0.15, 0.2) is 12.1 Å². The van der Waals surface area contributed by atoms with Gasteiger partial charge in [-0.25, -0.2) is 0 Å². The molecule has 21 heavy (non-hydrogen) atoms. The van der Waals surface area contributed by atoms with E-state index in [1.165, 1.54) is 0 Å². The summed E-state index contributed by atoms with van der Waals surface area (Å²) in [4.78, 5) is 4.66. The van der Waals surface area contributed by atoms with E-state index in [1.54, 1.807) is 14.2 Å². The minimum absolute atomic E-state index is 0.227. The number of aliphatic hydroxyl groups is 1. The smallest absolute Gasteiger partial charge is 0.179 e. The van der Waals surface area contributed by atoms with Crippen molar-refractivity contribution in [2.45, 2.75) is 6.54 Å². The summed E-state index contributed by atoms with van der Waals surface area (Å²) in [5.41, 5.74) is 1.12. The van der Waals surface area contributed by atoms with Crippen LogP contribution in [0.4, 0.5) is 0 Å². The number of aliphatic hydroxyl groups excluding tert-OH is 1. The van der Waals surface area contributed by atoms with Crippen LogP contribution in [0.3, 0.4) is 0 Å². The summed E-state index contributed by atoms with van der Waals surface area (Å²) in [5, 5.41) is 9.54. The third-order valence-corrected chi connectivity index (χ3v) is 4.06. The van der Waals surface area contributed by atoms with Crippen molar-refractivity contribution in [2.24, 2.45) is 0 Å². The van der Waals surface area contributed by atoms with Crippen LogP contribution in [0.1, 0.15) is 5.56 Å². The molecule has 6 heteroatoms. The second-order valence-corrected chi connectivity index (χ2v) is 5.56. The Labute approximate surface area is 131 Å². The Hall–Kier alpha value is -1.01. The molecule has 0 unspecified atom stereocenters. The molecule has 2 rings (SSSR count). The molecule has 0 bridgehead atoms. The van der Waals surface area contributed by atoms with Crippen LogP contribution >= 0.6 is 11.6 Å². The summed E-state index contributed by atoms with van der Waals surface area (Å²) < 4.78 is 10.6. The highest BCUT2D eigenvalue weighted by Crippen LogP contribution is 2.36.